The summed E-state index contributed by atoms with van der Waals surface area (Å²) in [6, 6.07) is 17.6. The van der Waals surface area contributed by atoms with Gasteiger partial charge in [0.1, 0.15) is 6.10 Å². The molecule has 1 heterocycles. The molecule has 0 amide bonds. The first-order valence-electron chi connectivity index (χ1n) is 8.39. The summed E-state index contributed by atoms with van der Waals surface area (Å²) < 4.78 is 10.9. The van der Waals surface area contributed by atoms with E-state index >= 15 is 0 Å². The summed E-state index contributed by atoms with van der Waals surface area (Å²) in [6.45, 7) is 5.97. The highest BCUT2D eigenvalue weighted by Gasteiger charge is 2.17. The molecule has 4 nitrogen and oxygen atoms in total. The van der Waals surface area contributed by atoms with E-state index < -0.39 is 0 Å². The number of benzene rings is 2. The van der Waals surface area contributed by atoms with Crippen LogP contribution >= 0.6 is 0 Å². The molecule has 0 N–H and O–H groups in total. The van der Waals surface area contributed by atoms with E-state index in [0.29, 0.717) is 5.56 Å². The molecule has 1 fully saturated rings. The smallest absolute Gasteiger partial charge is 0.338 e. The summed E-state index contributed by atoms with van der Waals surface area (Å²) >= 11 is 0. The molecule has 1 aliphatic heterocycles. The van der Waals surface area contributed by atoms with Gasteiger partial charge in [-0.25, -0.2) is 4.79 Å². The van der Waals surface area contributed by atoms with Crippen LogP contribution in [0.5, 0.6) is 0 Å². The maximum Gasteiger partial charge on any atom is 0.338 e. The Labute approximate surface area is 143 Å². The SMILES string of the molecule is CC(CN1CCOCC1)OC(=O)c1cccc(-c2ccccc2)c1. The van der Waals surface area contributed by atoms with E-state index in [0.717, 1.165) is 44.0 Å². The Hall–Kier alpha value is -2.17. The molecule has 4 heteroatoms. The van der Waals surface area contributed by atoms with Crippen molar-refractivity contribution in [1.82, 2.24) is 4.90 Å². The summed E-state index contributed by atoms with van der Waals surface area (Å²) in [4.78, 5) is 14.7. The van der Waals surface area contributed by atoms with E-state index in [4.69, 9.17) is 9.47 Å². The summed E-state index contributed by atoms with van der Waals surface area (Å²) in [5.74, 6) is -0.270. The quantitative estimate of drug-likeness (QED) is 0.791. The molecule has 1 unspecified atom stereocenters. The van der Waals surface area contributed by atoms with Gasteiger partial charge in [-0.3, -0.25) is 4.90 Å². The van der Waals surface area contributed by atoms with Gasteiger partial charge in [-0.2, -0.15) is 0 Å². The van der Waals surface area contributed by atoms with E-state index in [2.05, 4.69) is 4.90 Å². The number of hydrogen-bond donors (Lipinski definition) is 0. The van der Waals surface area contributed by atoms with E-state index in [-0.39, 0.29) is 12.1 Å². The van der Waals surface area contributed by atoms with Crippen molar-refractivity contribution >= 4 is 5.97 Å². The van der Waals surface area contributed by atoms with Gasteiger partial charge in [0.2, 0.25) is 0 Å². The summed E-state index contributed by atoms with van der Waals surface area (Å²) in [6.07, 6.45) is -0.143. The Morgan fingerprint density at radius 1 is 1.08 bits per heavy atom. The van der Waals surface area contributed by atoms with Crippen LogP contribution < -0.4 is 0 Å². The Morgan fingerprint density at radius 2 is 1.79 bits per heavy atom. The van der Waals surface area contributed by atoms with Crippen molar-refractivity contribution in [3.63, 3.8) is 0 Å². The van der Waals surface area contributed by atoms with Crippen molar-refractivity contribution in [1.29, 1.82) is 0 Å². The maximum absolute atomic E-state index is 12.4. The molecule has 0 aromatic heterocycles. The van der Waals surface area contributed by atoms with Gasteiger partial charge in [0.25, 0.3) is 0 Å². The molecule has 3 rings (SSSR count). The third kappa shape index (κ3) is 4.43. The Bertz CT molecular complexity index is 666. The van der Waals surface area contributed by atoms with Gasteiger partial charge in [0, 0.05) is 19.6 Å². The van der Waals surface area contributed by atoms with Crippen molar-refractivity contribution < 1.29 is 14.3 Å². The third-order valence-corrected chi connectivity index (χ3v) is 4.13. The predicted octanol–water partition coefficient (Wildman–Crippen LogP) is 3.23. The van der Waals surface area contributed by atoms with Crippen LogP contribution in [0.3, 0.4) is 0 Å². The van der Waals surface area contributed by atoms with Crippen LogP contribution in [0.2, 0.25) is 0 Å². The summed E-state index contributed by atoms with van der Waals surface area (Å²) in [5.41, 5.74) is 2.70. The van der Waals surface area contributed by atoms with Crippen molar-refractivity contribution in [3.05, 3.63) is 60.2 Å². The fourth-order valence-corrected chi connectivity index (χ4v) is 2.89. The highest BCUT2D eigenvalue weighted by Crippen LogP contribution is 2.20. The molecule has 126 valence electrons. The first-order valence-corrected chi connectivity index (χ1v) is 8.39. The van der Waals surface area contributed by atoms with Crippen LogP contribution in [0.15, 0.2) is 54.6 Å². The summed E-state index contributed by atoms with van der Waals surface area (Å²) in [7, 11) is 0. The number of nitrogens with zero attached hydrogens (tertiary/aromatic N) is 1. The van der Waals surface area contributed by atoms with Crippen molar-refractivity contribution in [3.8, 4) is 11.1 Å². The lowest BCUT2D eigenvalue weighted by Gasteiger charge is -2.28. The Balaban J connectivity index is 1.62. The lowest BCUT2D eigenvalue weighted by molar-refractivity contribution is 0.000449. The number of carbonyl (C=O) groups excluding carboxylic acids is 1. The van der Waals surface area contributed by atoms with Gasteiger partial charge in [-0.05, 0) is 30.2 Å². The van der Waals surface area contributed by atoms with Gasteiger partial charge in [0.15, 0.2) is 0 Å². The molecule has 1 aliphatic rings. The first kappa shape index (κ1) is 16.7. The topological polar surface area (TPSA) is 38.8 Å². The molecule has 0 radical (unpaired) electrons. The molecule has 1 saturated heterocycles. The summed E-state index contributed by atoms with van der Waals surface area (Å²) in [5, 5.41) is 0. The lowest BCUT2D eigenvalue weighted by Crippen LogP contribution is -2.41. The molecule has 0 aliphatic carbocycles. The molecule has 0 bridgehead atoms. The first-order chi connectivity index (χ1) is 11.7. The highest BCUT2D eigenvalue weighted by atomic mass is 16.5. The minimum atomic E-state index is -0.270. The van der Waals surface area contributed by atoms with Crippen LogP contribution in [-0.2, 0) is 9.47 Å². The second-order valence-electron chi connectivity index (χ2n) is 6.08. The normalized spacial score (nSPS) is 16.5. The molecule has 1 atom stereocenters. The van der Waals surface area contributed by atoms with E-state index in [1.807, 2.05) is 55.5 Å². The number of carbonyl (C=O) groups is 1. The fourth-order valence-electron chi connectivity index (χ4n) is 2.89. The molecular weight excluding hydrogens is 302 g/mol. The average molecular weight is 325 g/mol. The molecule has 24 heavy (non-hydrogen) atoms. The highest BCUT2D eigenvalue weighted by molar-refractivity contribution is 5.91. The number of ether oxygens (including phenoxy) is 2. The second kappa shape index (κ2) is 8.08. The molecular formula is C20H23NO3. The zero-order valence-electron chi connectivity index (χ0n) is 14.0. The zero-order chi connectivity index (χ0) is 16.8. The van der Waals surface area contributed by atoms with Crippen molar-refractivity contribution in [2.75, 3.05) is 32.8 Å². The fraction of sp³-hybridized carbons (Fsp3) is 0.350. The van der Waals surface area contributed by atoms with Crippen LogP contribution in [-0.4, -0.2) is 49.8 Å². The number of hydrogen-bond acceptors (Lipinski definition) is 4. The van der Waals surface area contributed by atoms with E-state index in [1.165, 1.54) is 0 Å². The number of rotatable bonds is 5. The third-order valence-electron chi connectivity index (χ3n) is 4.13. The van der Waals surface area contributed by atoms with Crippen LogP contribution in [0.25, 0.3) is 11.1 Å². The largest absolute Gasteiger partial charge is 0.458 e. The van der Waals surface area contributed by atoms with Gasteiger partial charge >= 0.3 is 5.97 Å². The minimum Gasteiger partial charge on any atom is -0.458 e. The van der Waals surface area contributed by atoms with E-state index in [1.54, 1.807) is 6.07 Å². The number of morpholine rings is 1. The second-order valence-corrected chi connectivity index (χ2v) is 6.08. The van der Waals surface area contributed by atoms with Crippen LogP contribution in [0.1, 0.15) is 17.3 Å². The molecule has 0 saturated carbocycles. The lowest BCUT2D eigenvalue weighted by atomic mass is 10.0. The Morgan fingerprint density at radius 3 is 2.54 bits per heavy atom. The van der Waals surface area contributed by atoms with Gasteiger partial charge in [0.05, 0.1) is 18.8 Å². The van der Waals surface area contributed by atoms with Crippen molar-refractivity contribution in [2.45, 2.75) is 13.0 Å². The average Bonchev–Trinajstić information content (AvgIpc) is 2.63. The van der Waals surface area contributed by atoms with E-state index in [9.17, 15) is 4.79 Å². The van der Waals surface area contributed by atoms with Gasteiger partial charge in [-0.1, -0.05) is 42.5 Å². The van der Waals surface area contributed by atoms with Crippen LogP contribution in [0, 0.1) is 0 Å². The Kier molecular flexibility index (Phi) is 5.62. The standard InChI is InChI=1S/C20H23NO3/c1-16(15-21-10-12-23-13-11-21)24-20(22)19-9-5-8-18(14-19)17-6-3-2-4-7-17/h2-9,14,16H,10-13,15H2,1H3. The minimum absolute atomic E-state index is 0.143. The molecule has 2 aromatic carbocycles. The predicted molar refractivity (Wildman–Crippen MR) is 94.0 cm³/mol. The zero-order valence-corrected chi connectivity index (χ0v) is 14.0. The monoisotopic (exact) mass is 325 g/mol. The van der Waals surface area contributed by atoms with Gasteiger partial charge < -0.3 is 9.47 Å². The maximum atomic E-state index is 12.4. The van der Waals surface area contributed by atoms with Gasteiger partial charge in [-0.15, -0.1) is 0 Å². The number of esters is 1. The molecule has 2 aromatic rings. The molecule has 0 spiro atoms. The van der Waals surface area contributed by atoms with Crippen molar-refractivity contribution in [2.24, 2.45) is 0 Å². The van der Waals surface area contributed by atoms with Crippen LogP contribution in [0.4, 0.5) is 0 Å².